The number of ether oxygens (including phenoxy) is 1. The molecule has 0 radical (unpaired) electrons. The van der Waals surface area contributed by atoms with Crippen molar-refractivity contribution in [1.82, 2.24) is 0 Å². The fourth-order valence-electron chi connectivity index (χ4n) is 9.86. The first kappa shape index (κ1) is 24.3. The van der Waals surface area contributed by atoms with Crippen molar-refractivity contribution in [1.29, 1.82) is 0 Å². The largest absolute Gasteiger partial charge is 0.458 e. The molecule has 1 saturated heterocycles. The highest BCUT2D eigenvalue weighted by atomic mass is 16.6. The van der Waals surface area contributed by atoms with Crippen molar-refractivity contribution >= 4 is 11.8 Å². The Labute approximate surface area is 205 Å². The molecule has 0 aromatic carbocycles. The van der Waals surface area contributed by atoms with Gasteiger partial charge in [0, 0.05) is 11.8 Å². The number of rotatable bonds is 4. The summed E-state index contributed by atoms with van der Waals surface area (Å²) in [5.74, 6) is 0.517. The van der Waals surface area contributed by atoms with E-state index in [0.29, 0.717) is 24.7 Å². The van der Waals surface area contributed by atoms with E-state index in [1.54, 1.807) is 0 Å². The summed E-state index contributed by atoms with van der Waals surface area (Å²) in [7, 11) is 0. The number of esters is 1. The maximum Gasteiger partial charge on any atom is 0.314 e. The number of hydrogen-bond acceptors (Lipinski definition) is 4. The first-order valence-corrected chi connectivity index (χ1v) is 13.5. The number of carbonyl (C=O) groups excluding carboxylic acids is 2. The molecule has 34 heavy (non-hydrogen) atoms. The maximum absolute atomic E-state index is 13.8. The third-order valence-electron chi connectivity index (χ3n) is 11.6. The van der Waals surface area contributed by atoms with Gasteiger partial charge in [-0.15, -0.1) is 6.58 Å². The summed E-state index contributed by atoms with van der Waals surface area (Å²) in [6.45, 7) is 17.1. The van der Waals surface area contributed by atoms with Crippen LogP contribution >= 0.6 is 0 Å². The smallest absolute Gasteiger partial charge is 0.314 e. The van der Waals surface area contributed by atoms with Crippen molar-refractivity contribution in [3.05, 3.63) is 23.8 Å². The monoisotopic (exact) mass is 468 g/mol. The molecule has 1 N–H and O–H groups in total. The minimum atomic E-state index is -0.725. The molecule has 0 bridgehead atoms. The van der Waals surface area contributed by atoms with Gasteiger partial charge in [0.15, 0.2) is 0 Å². The first-order valence-electron chi connectivity index (χ1n) is 13.5. The standard InChI is InChI=1S/C30H44O4/c1-18(2)9-8-14-29(7)24-21(31)17-28(6)20-10-11-22-26(3,4)23(32)13-15-27(22,5)19(20)12-16-30(24,28)25(33)34-29/h10,19,22-24,32H,1,8-9,11-17H2,2-7H3/t19-,22+,23+,24-,27-,28+,29+,30-/m1/s1. The van der Waals surface area contributed by atoms with Crippen molar-refractivity contribution < 1.29 is 19.4 Å². The number of aliphatic hydroxyl groups is 1. The van der Waals surface area contributed by atoms with Gasteiger partial charge in [-0.05, 0) is 87.9 Å². The Bertz CT molecular complexity index is 976. The van der Waals surface area contributed by atoms with Gasteiger partial charge in [0.2, 0.25) is 0 Å². The molecule has 4 nitrogen and oxygen atoms in total. The van der Waals surface area contributed by atoms with Crippen LogP contribution < -0.4 is 0 Å². The lowest BCUT2D eigenvalue weighted by Gasteiger charge is -2.63. The molecular formula is C30H44O4. The molecule has 8 atom stereocenters. The topological polar surface area (TPSA) is 63.6 Å². The number of Topliss-reactive ketones (excluding diaryl/α,β-unsaturated/α-hetero) is 1. The molecule has 1 spiro atoms. The van der Waals surface area contributed by atoms with E-state index < -0.39 is 16.4 Å². The van der Waals surface area contributed by atoms with Gasteiger partial charge in [-0.1, -0.05) is 44.9 Å². The minimum absolute atomic E-state index is 0.0892. The Kier molecular flexibility index (Phi) is 5.22. The summed E-state index contributed by atoms with van der Waals surface area (Å²) in [5, 5.41) is 10.8. The van der Waals surface area contributed by atoms with Gasteiger partial charge < -0.3 is 9.84 Å². The molecular weight excluding hydrogens is 424 g/mol. The molecule has 4 fully saturated rings. The van der Waals surface area contributed by atoms with Crippen LogP contribution in [0.1, 0.15) is 99.3 Å². The Hall–Kier alpha value is -1.42. The molecule has 0 unspecified atom stereocenters. The van der Waals surface area contributed by atoms with Crippen LogP contribution in [0, 0.1) is 39.4 Å². The summed E-state index contributed by atoms with van der Waals surface area (Å²) >= 11 is 0. The van der Waals surface area contributed by atoms with Crippen LogP contribution in [-0.4, -0.2) is 28.6 Å². The number of cyclic esters (lactones) is 1. The molecule has 188 valence electrons. The molecule has 3 saturated carbocycles. The summed E-state index contributed by atoms with van der Waals surface area (Å²) < 4.78 is 6.20. The average Bonchev–Trinajstić information content (AvgIpc) is 3.11. The normalized spacial score (nSPS) is 48.9. The van der Waals surface area contributed by atoms with Crippen LogP contribution in [0.5, 0.6) is 0 Å². The Morgan fingerprint density at radius 2 is 1.85 bits per heavy atom. The highest BCUT2D eigenvalue weighted by molar-refractivity contribution is 5.99. The molecule has 0 aromatic rings. The number of hydrogen-bond donors (Lipinski definition) is 1. The van der Waals surface area contributed by atoms with Gasteiger partial charge in [-0.25, -0.2) is 0 Å². The SMILES string of the molecule is C=C(C)CCC[C@]1(C)OC(=O)[C@]23CC[C@@H]4C(=CC[C@H]5C(C)(C)[C@@H](O)CC[C@]45C)[C@]2(C)CC(=O)[C@@H]31. The van der Waals surface area contributed by atoms with Gasteiger partial charge in [-0.3, -0.25) is 9.59 Å². The fraction of sp³-hybridized carbons (Fsp3) is 0.800. The molecule has 4 heteroatoms. The Morgan fingerprint density at radius 1 is 1.15 bits per heavy atom. The van der Waals surface area contributed by atoms with Crippen molar-refractivity contribution in [2.75, 3.05) is 0 Å². The molecule has 0 amide bonds. The number of fused-ring (bicyclic) bond motifs is 4. The third kappa shape index (κ3) is 2.81. The summed E-state index contributed by atoms with van der Waals surface area (Å²) in [6, 6.07) is 0. The van der Waals surface area contributed by atoms with E-state index in [-0.39, 0.29) is 34.6 Å². The van der Waals surface area contributed by atoms with Gasteiger partial charge in [0.25, 0.3) is 0 Å². The molecule has 4 aliphatic carbocycles. The number of allylic oxidation sites excluding steroid dienone is 3. The zero-order chi connectivity index (χ0) is 24.9. The quantitative estimate of drug-likeness (QED) is 0.396. The summed E-state index contributed by atoms with van der Waals surface area (Å²) in [4.78, 5) is 27.6. The lowest BCUT2D eigenvalue weighted by atomic mass is 9.41. The first-order chi connectivity index (χ1) is 15.7. The second kappa shape index (κ2) is 7.31. The Morgan fingerprint density at radius 3 is 2.53 bits per heavy atom. The second-order valence-corrected chi connectivity index (χ2v) is 13.8. The minimum Gasteiger partial charge on any atom is -0.458 e. The van der Waals surface area contributed by atoms with E-state index in [1.165, 1.54) is 5.57 Å². The van der Waals surface area contributed by atoms with Crippen LogP contribution in [0.4, 0.5) is 0 Å². The zero-order valence-corrected chi connectivity index (χ0v) is 22.1. The number of aliphatic hydroxyl groups excluding tert-OH is 1. The van der Waals surface area contributed by atoms with Crippen LogP contribution in [-0.2, 0) is 14.3 Å². The third-order valence-corrected chi connectivity index (χ3v) is 11.6. The van der Waals surface area contributed by atoms with Crippen molar-refractivity contribution in [3.63, 3.8) is 0 Å². The van der Waals surface area contributed by atoms with E-state index in [4.69, 9.17) is 4.74 Å². The predicted molar refractivity (Wildman–Crippen MR) is 133 cm³/mol. The molecule has 1 aliphatic heterocycles. The zero-order valence-electron chi connectivity index (χ0n) is 22.1. The van der Waals surface area contributed by atoms with Gasteiger partial charge >= 0.3 is 5.97 Å². The average molecular weight is 469 g/mol. The lowest BCUT2D eigenvalue weighted by Crippen LogP contribution is -2.59. The summed E-state index contributed by atoms with van der Waals surface area (Å²) in [6.07, 6.45) is 9.50. The number of carbonyl (C=O) groups is 2. The summed E-state index contributed by atoms with van der Waals surface area (Å²) in [5.41, 5.74) is 0.531. The molecule has 0 aromatic heterocycles. The van der Waals surface area contributed by atoms with Crippen molar-refractivity contribution in [3.8, 4) is 0 Å². The van der Waals surface area contributed by atoms with E-state index in [0.717, 1.165) is 50.5 Å². The van der Waals surface area contributed by atoms with Crippen LogP contribution in [0.2, 0.25) is 0 Å². The van der Waals surface area contributed by atoms with E-state index >= 15 is 0 Å². The predicted octanol–water partition coefficient (Wildman–Crippen LogP) is 6.17. The highest BCUT2D eigenvalue weighted by Crippen LogP contribution is 2.75. The van der Waals surface area contributed by atoms with Gasteiger partial charge in [0.1, 0.15) is 11.4 Å². The van der Waals surface area contributed by atoms with Crippen molar-refractivity contribution in [2.24, 2.45) is 39.4 Å². The van der Waals surface area contributed by atoms with E-state index in [2.05, 4.69) is 40.3 Å². The maximum atomic E-state index is 13.8. The second-order valence-electron chi connectivity index (χ2n) is 13.8. The highest BCUT2D eigenvalue weighted by Gasteiger charge is 2.78. The number of ketones is 1. The molecule has 5 rings (SSSR count). The lowest BCUT2D eigenvalue weighted by molar-refractivity contribution is -0.163. The van der Waals surface area contributed by atoms with Crippen molar-refractivity contribution in [2.45, 2.75) is 111 Å². The van der Waals surface area contributed by atoms with Crippen LogP contribution in [0.15, 0.2) is 23.8 Å². The van der Waals surface area contributed by atoms with E-state index in [9.17, 15) is 14.7 Å². The fourth-order valence-corrected chi connectivity index (χ4v) is 9.86. The van der Waals surface area contributed by atoms with Gasteiger partial charge in [-0.2, -0.15) is 0 Å². The molecule has 5 aliphatic rings. The van der Waals surface area contributed by atoms with Crippen LogP contribution in [0.3, 0.4) is 0 Å². The van der Waals surface area contributed by atoms with Crippen LogP contribution in [0.25, 0.3) is 0 Å². The molecule has 1 heterocycles. The Balaban J connectivity index is 1.55. The van der Waals surface area contributed by atoms with Gasteiger partial charge in [0.05, 0.1) is 17.4 Å². The van der Waals surface area contributed by atoms with E-state index in [1.807, 2.05) is 13.8 Å².